The molecule has 0 aliphatic carbocycles. The lowest BCUT2D eigenvalue weighted by atomic mass is 10.0. The summed E-state index contributed by atoms with van der Waals surface area (Å²) in [7, 11) is 0. The molecule has 176 valence electrons. The van der Waals surface area contributed by atoms with E-state index >= 15 is 0 Å². The van der Waals surface area contributed by atoms with Gasteiger partial charge in [0.15, 0.2) is 0 Å². The van der Waals surface area contributed by atoms with E-state index < -0.39 is 23.6 Å². The van der Waals surface area contributed by atoms with Crippen molar-refractivity contribution in [2.75, 3.05) is 6.61 Å². The predicted molar refractivity (Wildman–Crippen MR) is 132 cm³/mol. The lowest BCUT2D eigenvalue weighted by Crippen LogP contribution is -2.48. The minimum atomic E-state index is -0.886. The smallest absolute Gasteiger partial charge is 0.408 e. The fraction of sp³-hybridized carbons (Fsp3) is 0.269. The van der Waals surface area contributed by atoms with Gasteiger partial charge in [0, 0.05) is 34.7 Å². The summed E-state index contributed by atoms with van der Waals surface area (Å²) < 4.78 is 11.1. The zero-order valence-corrected chi connectivity index (χ0v) is 19.4. The van der Waals surface area contributed by atoms with E-state index in [-0.39, 0.29) is 6.42 Å². The van der Waals surface area contributed by atoms with Crippen molar-refractivity contribution in [3.63, 3.8) is 0 Å². The molecule has 0 saturated heterocycles. The fourth-order valence-electron chi connectivity index (χ4n) is 3.64. The number of para-hydroxylation sites is 2. The second-order valence-corrected chi connectivity index (χ2v) is 9.04. The highest BCUT2D eigenvalue weighted by Gasteiger charge is 2.25. The molecule has 2 amide bonds. The van der Waals surface area contributed by atoms with Crippen LogP contribution in [0.25, 0.3) is 17.0 Å². The Balaban J connectivity index is 1.47. The van der Waals surface area contributed by atoms with Crippen LogP contribution in [0.15, 0.2) is 65.4 Å². The molecular formula is C26H28N4O4. The normalized spacial score (nSPS) is 14.1. The maximum absolute atomic E-state index is 13.0. The number of hydrogen-bond donors (Lipinski definition) is 3. The van der Waals surface area contributed by atoms with Gasteiger partial charge in [0.1, 0.15) is 24.0 Å². The van der Waals surface area contributed by atoms with Crippen LogP contribution in [0, 0.1) is 0 Å². The van der Waals surface area contributed by atoms with Gasteiger partial charge in [-0.2, -0.15) is 5.10 Å². The number of nitrogens with one attached hydrogen (secondary N) is 3. The number of rotatable bonds is 6. The second kappa shape index (κ2) is 9.82. The van der Waals surface area contributed by atoms with Crippen LogP contribution < -0.4 is 15.5 Å². The zero-order valence-electron chi connectivity index (χ0n) is 19.4. The van der Waals surface area contributed by atoms with E-state index in [9.17, 15) is 9.59 Å². The summed E-state index contributed by atoms with van der Waals surface area (Å²) in [6.45, 7) is 5.66. The summed E-state index contributed by atoms with van der Waals surface area (Å²) in [4.78, 5) is 28.6. The molecule has 1 atom stereocenters. The molecule has 1 aromatic heterocycles. The van der Waals surface area contributed by atoms with Crippen molar-refractivity contribution >= 4 is 35.2 Å². The number of aromatic amines is 1. The van der Waals surface area contributed by atoms with Gasteiger partial charge >= 0.3 is 6.09 Å². The summed E-state index contributed by atoms with van der Waals surface area (Å²) >= 11 is 0. The average Bonchev–Trinajstić information content (AvgIpc) is 3.20. The van der Waals surface area contributed by atoms with Crippen LogP contribution in [0.4, 0.5) is 4.79 Å². The molecule has 1 aliphatic rings. The number of hydrogen-bond acceptors (Lipinski definition) is 5. The first-order chi connectivity index (χ1) is 16.3. The van der Waals surface area contributed by atoms with E-state index in [1.807, 2.05) is 60.8 Å². The van der Waals surface area contributed by atoms with Crippen LogP contribution in [0.3, 0.4) is 0 Å². The second-order valence-electron chi connectivity index (χ2n) is 9.04. The molecule has 0 radical (unpaired) electrons. The first kappa shape index (κ1) is 23.1. The molecular weight excluding hydrogens is 432 g/mol. The van der Waals surface area contributed by atoms with E-state index in [2.05, 4.69) is 20.8 Å². The van der Waals surface area contributed by atoms with E-state index in [4.69, 9.17) is 9.47 Å². The lowest BCUT2D eigenvalue weighted by Gasteiger charge is -2.23. The lowest BCUT2D eigenvalue weighted by molar-refractivity contribution is -0.123. The Bertz CT molecular complexity index is 1250. The van der Waals surface area contributed by atoms with Crippen molar-refractivity contribution in [3.8, 4) is 5.75 Å². The Morgan fingerprint density at radius 1 is 1.18 bits per heavy atom. The molecule has 8 nitrogen and oxygen atoms in total. The van der Waals surface area contributed by atoms with Crippen molar-refractivity contribution in [3.05, 3.63) is 71.4 Å². The van der Waals surface area contributed by atoms with Crippen LogP contribution in [0.2, 0.25) is 0 Å². The van der Waals surface area contributed by atoms with E-state index in [0.29, 0.717) is 6.61 Å². The number of amides is 2. The zero-order chi connectivity index (χ0) is 24.1. The van der Waals surface area contributed by atoms with Crippen molar-refractivity contribution < 1.29 is 19.1 Å². The number of fused-ring (bicyclic) bond motifs is 2. The van der Waals surface area contributed by atoms with Gasteiger partial charge in [-0.1, -0.05) is 36.4 Å². The Hall–Kier alpha value is -4.07. The number of aromatic nitrogens is 1. The van der Waals surface area contributed by atoms with Crippen LogP contribution in [-0.4, -0.2) is 41.4 Å². The third-order valence-electron chi connectivity index (χ3n) is 5.17. The molecule has 1 aliphatic heterocycles. The largest absolute Gasteiger partial charge is 0.488 e. The SMILES string of the molecule is CC(C)(C)OC(=O)N[C@@H](Cc1c[nH]c2ccccc12)C(=O)N/N=C/C1=Cc2ccccc2OC1. The van der Waals surface area contributed by atoms with Gasteiger partial charge in [0.25, 0.3) is 5.91 Å². The molecule has 0 fully saturated rings. The highest BCUT2D eigenvalue weighted by molar-refractivity contribution is 5.91. The maximum atomic E-state index is 13.0. The molecule has 3 aromatic rings. The van der Waals surface area contributed by atoms with E-state index in [1.54, 1.807) is 27.0 Å². The van der Waals surface area contributed by atoms with Crippen molar-refractivity contribution in [2.45, 2.75) is 38.8 Å². The Morgan fingerprint density at radius 2 is 1.94 bits per heavy atom. The first-order valence-electron chi connectivity index (χ1n) is 11.1. The minimum Gasteiger partial charge on any atom is -0.488 e. The standard InChI is InChI=1S/C26H28N4O4/c1-26(2,3)34-25(32)29-22(13-19-15-27-21-10-6-5-9-20(19)21)24(31)30-28-14-17-12-18-8-4-7-11-23(18)33-16-17/h4-12,14-15,22,27H,13,16H2,1-3H3,(H,29,32)(H,30,31)/b28-14+/t22-/m0/s1. The summed E-state index contributed by atoms with van der Waals surface area (Å²) in [5.41, 5.74) is 5.47. The third-order valence-corrected chi connectivity index (χ3v) is 5.17. The summed E-state index contributed by atoms with van der Waals surface area (Å²) in [5, 5.41) is 7.75. The topological polar surface area (TPSA) is 105 Å². The Morgan fingerprint density at radius 3 is 2.76 bits per heavy atom. The average molecular weight is 461 g/mol. The van der Waals surface area contributed by atoms with Crippen molar-refractivity contribution in [1.29, 1.82) is 0 Å². The summed E-state index contributed by atoms with van der Waals surface area (Å²) in [6.07, 6.45) is 4.94. The number of carbonyl (C=O) groups excluding carboxylic acids is 2. The molecule has 8 heteroatoms. The van der Waals surface area contributed by atoms with Crippen LogP contribution >= 0.6 is 0 Å². The highest BCUT2D eigenvalue weighted by Crippen LogP contribution is 2.25. The summed E-state index contributed by atoms with van der Waals surface area (Å²) in [5.74, 6) is 0.356. The van der Waals surface area contributed by atoms with Gasteiger partial charge in [-0.25, -0.2) is 10.2 Å². The molecule has 0 unspecified atom stereocenters. The Kier molecular flexibility index (Phi) is 6.67. The van der Waals surface area contributed by atoms with Crippen LogP contribution in [0.1, 0.15) is 31.9 Å². The third kappa shape index (κ3) is 5.83. The molecule has 0 spiro atoms. The molecule has 4 rings (SSSR count). The fourth-order valence-corrected chi connectivity index (χ4v) is 3.64. The quantitative estimate of drug-likeness (QED) is 0.379. The van der Waals surface area contributed by atoms with Crippen molar-refractivity contribution in [1.82, 2.24) is 15.7 Å². The van der Waals surface area contributed by atoms with Crippen LogP contribution in [-0.2, 0) is 16.0 Å². The summed E-state index contributed by atoms with van der Waals surface area (Å²) in [6, 6.07) is 14.6. The number of hydrazone groups is 1. The molecule has 34 heavy (non-hydrogen) atoms. The van der Waals surface area contributed by atoms with Crippen LogP contribution in [0.5, 0.6) is 5.75 Å². The molecule has 2 heterocycles. The maximum Gasteiger partial charge on any atom is 0.408 e. The molecule has 0 bridgehead atoms. The molecule has 0 saturated carbocycles. The highest BCUT2D eigenvalue weighted by atomic mass is 16.6. The van der Waals surface area contributed by atoms with Gasteiger partial charge in [-0.05, 0) is 44.5 Å². The number of H-pyrrole nitrogens is 1. The number of ether oxygens (including phenoxy) is 2. The minimum absolute atomic E-state index is 0.268. The Labute approximate surface area is 198 Å². The van der Waals surface area contributed by atoms with Gasteiger partial charge in [0.05, 0.1) is 6.21 Å². The first-order valence-corrected chi connectivity index (χ1v) is 11.1. The monoisotopic (exact) mass is 460 g/mol. The predicted octanol–water partition coefficient (Wildman–Crippen LogP) is 4.18. The number of alkyl carbamates (subject to hydrolysis) is 1. The van der Waals surface area contributed by atoms with Gasteiger partial charge in [-0.15, -0.1) is 0 Å². The van der Waals surface area contributed by atoms with Crippen molar-refractivity contribution in [2.24, 2.45) is 5.10 Å². The van der Waals surface area contributed by atoms with Gasteiger partial charge in [0.2, 0.25) is 0 Å². The number of nitrogens with zero attached hydrogens (tertiary/aromatic N) is 1. The number of benzene rings is 2. The van der Waals surface area contributed by atoms with E-state index in [1.165, 1.54) is 0 Å². The van der Waals surface area contributed by atoms with E-state index in [0.717, 1.165) is 33.4 Å². The number of carbonyl (C=O) groups is 2. The van der Waals surface area contributed by atoms with Gasteiger partial charge in [-0.3, -0.25) is 4.79 Å². The van der Waals surface area contributed by atoms with Gasteiger partial charge < -0.3 is 19.8 Å². The molecule has 2 aromatic carbocycles. The molecule has 3 N–H and O–H groups in total.